The fraction of sp³-hybridized carbons (Fsp3) is 0.857. The van der Waals surface area contributed by atoms with Crippen molar-refractivity contribution in [3.05, 3.63) is 0 Å². The highest BCUT2D eigenvalue weighted by Crippen LogP contribution is 2.08. The number of carbonyl (C=O) groups is 1. The van der Waals surface area contributed by atoms with E-state index in [1.807, 2.05) is 13.8 Å². The fourth-order valence-corrected chi connectivity index (χ4v) is 0.651. The van der Waals surface area contributed by atoms with Gasteiger partial charge in [0.05, 0.1) is 0 Å². The highest BCUT2D eigenvalue weighted by atomic mass is 16.8. The van der Waals surface area contributed by atoms with Crippen LogP contribution in [0.15, 0.2) is 0 Å². The first-order valence-electron chi connectivity index (χ1n) is 3.77. The molecule has 66 valence electrons. The Bertz CT molecular complexity index is 113. The summed E-state index contributed by atoms with van der Waals surface area (Å²) >= 11 is 0. The molecule has 1 unspecified atom stereocenters. The molecule has 1 rings (SSSR count). The van der Waals surface area contributed by atoms with E-state index in [1.165, 1.54) is 0 Å². The molecule has 4 heteroatoms. The van der Waals surface area contributed by atoms with E-state index in [-0.39, 0.29) is 19.3 Å². The molecule has 0 radical (unpaired) electrons. The molecule has 1 fully saturated rings. The van der Waals surface area contributed by atoms with Crippen LogP contribution in [0.4, 0.5) is 4.79 Å². The summed E-state index contributed by atoms with van der Waals surface area (Å²) < 4.78 is 9.03. The molecule has 1 heterocycles. The van der Waals surface area contributed by atoms with Crippen molar-refractivity contribution in [2.75, 3.05) is 13.2 Å². The van der Waals surface area contributed by atoms with Gasteiger partial charge in [0.15, 0.2) is 0 Å². The minimum Gasteiger partial charge on any atom is -0.430 e. The second-order valence-electron chi connectivity index (χ2n) is 1.81. The summed E-state index contributed by atoms with van der Waals surface area (Å²) in [5, 5.41) is 8.37. The van der Waals surface area contributed by atoms with Crippen LogP contribution in [0.25, 0.3) is 0 Å². The second kappa shape index (κ2) is 5.97. The molecule has 1 N–H and O–H groups in total. The molecule has 4 nitrogen and oxygen atoms in total. The van der Waals surface area contributed by atoms with Crippen molar-refractivity contribution >= 4 is 6.16 Å². The van der Waals surface area contributed by atoms with E-state index in [4.69, 9.17) is 5.11 Å². The predicted octanol–water partition coefficient (Wildman–Crippen LogP) is 0.930. The second-order valence-corrected chi connectivity index (χ2v) is 1.81. The molecule has 0 aliphatic carbocycles. The lowest BCUT2D eigenvalue weighted by atomic mass is 10.3. The van der Waals surface area contributed by atoms with E-state index in [0.29, 0.717) is 6.42 Å². The average Bonchev–Trinajstić information content (AvgIpc) is 2.41. The van der Waals surface area contributed by atoms with Crippen molar-refractivity contribution in [2.45, 2.75) is 26.4 Å². The molecule has 0 saturated carbocycles. The number of aliphatic hydroxyl groups excluding tert-OH is 1. The standard InChI is InChI=1S/C5H8O4.C2H6/c6-2-1-4-3-8-5(7)9-4;1-2/h4,6H,1-3H2;1-2H3. The van der Waals surface area contributed by atoms with Crippen LogP contribution in [-0.4, -0.2) is 30.6 Å². The third-order valence-electron chi connectivity index (χ3n) is 1.10. The zero-order valence-electron chi connectivity index (χ0n) is 6.87. The smallest absolute Gasteiger partial charge is 0.430 e. The van der Waals surface area contributed by atoms with E-state index in [9.17, 15) is 4.79 Å². The molecule has 1 aliphatic heterocycles. The van der Waals surface area contributed by atoms with Crippen LogP contribution in [0.1, 0.15) is 20.3 Å². The van der Waals surface area contributed by atoms with Crippen LogP contribution in [-0.2, 0) is 9.47 Å². The van der Waals surface area contributed by atoms with Gasteiger partial charge in [0, 0.05) is 13.0 Å². The highest BCUT2D eigenvalue weighted by Gasteiger charge is 2.23. The van der Waals surface area contributed by atoms with Crippen molar-refractivity contribution in [3.63, 3.8) is 0 Å². The van der Waals surface area contributed by atoms with Crippen LogP contribution >= 0.6 is 0 Å². The molecule has 0 aromatic heterocycles. The van der Waals surface area contributed by atoms with Gasteiger partial charge in [-0.05, 0) is 0 Å². The number of rotatable bonds is 2. The largest absolute Gasteiger partial charge is 0.508 e. The van der Waals surface area contributed by atoms with Crippen LogP contribution in [0, 0.1) is 0 Å². The molecule has 1 atom stereocenters. The van der Waals surface area contributed by atoms with Gasteiger partial charge in [-0.3, -0.25) is 0 Å². The first-order chi connectivity index (χ1) is 5.33. The number of hydrogen-bond acceptors (Lipinski definition) is 4. The van der Waals surface area contributed by atoms with Crippen LogP contribution < -0.4 is 0 Å². The summed E-state index contributed by atoms with van der Waals surface area (Å²) in [5.74, 6) is 0. The topological polar surface area (TPSA) is 55.8 Å². The van der Waals surface area contributed by atoms with Crippen LogP contribution in [0.3, 0.4) is 0 Å². The molecular weight excluding hydrogens is 148 g/mol. The molecule has 0 bridgehead atoms. The van der Waals surface area contributed by atoms with Crippen molar-refractivity contribution in [1.29, 1.82) is 0 Å². The van der Waals surface area contributed by atoms with Gasteiger partial charge in [-0.15, -0.1) is 0 Å². The summed E-state index contributed by atoms with van der Waals surface area (Å²) in [6, 6.07) is 0. The monoisotopic (exact) mass is 162 g/mol. The summed E-state index contributed by atoms with van der Waals surface area (Å²) in [7, 11) is 0. The van der Waals surface area contributed by atoms with Gasteiger partial charge in [-0.25, -0.2) is 4.79 Å². The van der Waals surface area contributed by atoms with E-state index >= 15 is 0 Å². The minimum absolute atomic E-state index is 0.0291. The van der Waals surface area contributed by atoms with Crippen LogP contribution in [0.5, 0.6) is 0 Å². The highest BCUT2D eigenvalue weighted by molar-refractivity contribution is 5.61. The van der Waals surface area contributed by atoms with E-state index in [1.54, 1.807) is 0 Å². The minimum atomic E-state index is -0.631. The van der Waals surface area contributed by atoms with Gasteiger partial charge < -0.3 is 14.6 Å². The third-order valence-corrected chi connectivity index (χ3v) is 1.10. The lowest BCUT2D eigenvalue weighted by molar-refractivity contribution is 0.109. The zero-order chi connectivity index (χ0) is 8.69. The summed E-state index contributed by atoms with van der Waals surface area (Å²) in [6.07, 6.45) is -0.401. The van der Waals surface area contributed by atoms with Crippen molar-refractivity contribution in [1.82, 2.24) is 0 Å². The first kappa shape index (κ1) is 10.2. The van der Waals surface area contributed by atoms with E-state index in [2.05, 4.69) is 9.47 Å². The quantitative estimate of drug-likeness (QED) is 0.614. The molecule has 1 saturated heterocycles. The van der Waals surface area contributed by atoms with Gasteiger partial charge in [0.25, 0.3) is 0 Å². The Balaban J connectivity index is 0.000000461. The van der Waals surface area contributed by atoms with Gasteiger partial charge in [0.1, 0.15) is 12.7 Å². The van der Waals surface area contributed by atoms with Gasteiger partial charge >= 0.3 is 6.16 Å². The van der Waals surface area contributed by atoms with Gasteiger partial charge in [-0.1, -0.05) is 13.8 Å². The molecule has 0 spiro atoms. The Morgan fingerprint density at radius 1 is 1.64 bits per heavy atom. The summed E-state index contributed by atoms with van der Waals surface area (Å²) in [6.45, 7) is 4.31. The Hall–Kier alpha value is -0.770. The number of ether oxygens (including phenoxy) is 2. The average molecular weight is 162 g/mol. The molecule has 0 aromatic carbocycles. The maximum Gasteiger partial charge on any atom is 0.508 e. The summed E-state index contributed by atoms with van der Waals surface area (Å²) in [5.41, 5.74) is 0. The van der Waals surface area contributed by atoms with Gasteiger partial charge in [-0.2, -0.15) is 0 Å². The molecular formula is C7H14O4. The lowest BCUT2D eigenvalue weighted by Crippen LogP contribution is -2.11. The zero-order valence-corrected chi connectivity index (χ0v) is 6.87. The van der Waals surface area contributed by atoms with E-state index in [0.717, 1.165) is 0 Å². The summed E-state index contributed by atoms with van der Waals surface area (Å²) in [4.78, 5) is 10.2. The molecule has 0 amide bonds. The predicted molar refractivity (Wildman–Crippen MR) is 39.3 cm³/mol. The Labute approximate surface area is 66.1 Å². The molecule has 11 heavy (non-hydrogen) atoms. The number of hydrogen-bond donors (Lipinski definition) is 1. The van der Waals surface area contributed by atoms with E-state index < -0.39 is 6.16 Å². The Morgan fingerprint density at radius 3 is 2.64 bits per heavy atom. The van der Waals surface area contributed by atoms with Crippen molar-refractivity contribution < 1.29 is 19.4 Å². The first-order valence-corrected chi connectivity index (χ1v) is 3.77. The Morgan fingerprint density at radius 2 is 2.27 bits per heavy atom. The van der Waals surface area contributed by atoms with Crippen LogP contribution in [0.2, 0.25) is 0 Å². The maximum absolute atomic E-state index is 10.2. The Kier molecular flexibility index (Phi) is 5.56. The van der Waals surface area contributed by atoms with Crippen molar-refractivity contribution in [3.8, 4) is 0 Å². The third kappa shape index (κ3) is 3.83. The number of cyclic esters (lactones) is 2. The number of carbonyl (C=O) groups excluding carboxylic acids is 1. The van der Waals surface area contributed by atoms with Crippen molar-refractivity contribution in [2.24, 2.45) is 0 Å². The SMILES string of the molecule is CC.O=C1OCC(CCO)O1. The maximum atomic E-state index is 10.2. The lowest BCUT2D eigenvalue weighted by Gasteiger charge is -2.00. The number of aliphatic hydroxyl groups is 1. The molecule has 1 aliphatic rings. The fourth-order valence-electron chi connectivity index (χ4n) is 0.651. The normalized spacial score (nSPS) is 21.4. The molecule has 0 aromatic rings. The van der Waals surface area contributed by atoms with Gasteiger partial charge in [0.2, 0.25) is 0 Å².